The molecule has 2 aromatic rings. The lowest BCUT2D eigenvalue weighted by Crippen LogP contribution is -2.30. The zero-order chi connectivity index (χ0) is 13.8. The van der Waals surface area contributed by atoms with Crippen LogP contribution in [0.2, 0.25) is 0 Å². The van der Waals surface area contributed by atoms with E-state index in [4.69, 9.17) is 4.74 Å². The van der Waals surface area contributed by atoms with Crippen molar-refractivity contribution in [3.05, 3.63) is 36.0 Å². The molecule has 0 aliphatic rings. The van der Waals surface area contributed by atoms with E-state index in [1.165, 1.54) is 0 Å². The van der Waals surface area contributed by atoms with Crippen molar-refractivity contribution in [2.75, 3.05) is 20.2 Å². The molecule has 4 nitrogen and oxygen atoms in total. The van der Waals surface area contributed by atoms with Crippen LogP contribution in [0.1, 0.15) is 24.2 Å². The van der Waals surface area contributed by atoms with Crippen molar-refractivity contribution < 1.29 is 9.53 Å². The molecule has 0 radical (unpaired) electrons. The van der Waals surface area contributed by atoms with Gasteiger partial charge in [-0.05, 0) is 32.0 Å². The first-order valence-corrected chi connectivity index (χ1v) is 6.52. The van der Waals surface area contributed by atoms with Crippen molar-refractivity contribution in [2.24, 2.45) is 0 Å². The standard InChI is InChI=1S/C15H20N2O2/c1-11(2)19-10-9-17(3)15(18)13-5-4-6-14-12(13)7-8-16-14/h4-8,11,16H,9-10H2,1-3H3. The zero-order valence-corrected chi connectivity index (χ0v) is 11.6. The van der Waals surface area contributed by atoms with Crippen molar-refractivity contribution >= 4 is 16.8 Å². The lowest BCUT2D eigenvalue weighted by atomic mass is 10.1. The molecule has 1 aromatic carbocycles. The molecule has 4 heteroatoms. The number of H-pyrrole nitrogens is 1. The Labute approximate surface area is 113 Å². The molecule has 1 N–H and O–H groups in total. The minimum absolute atomic E-state index is 0.0255. The molecule has 0 saturated heterocycles. The van der Waals surface area contributed by atoms with Gasteiger partial charge in [-0.15, -0.1) is 0 Å². The van der Waals surface area contributed by atoms with Gasteiger partial charge in [0.25, 0.3) is 5.91 Å². The third kappa shape index (κ3) is 3.15. The van der Waals surface area contributed by atoms with Crippen LogP contribution < -0.4 is 0 Å². The van der Waals surface area contributed by atoms with Gasteiger partial charge in [-0.3, -0.25) is 4.79 Å². The quantitative estimate of drug-likeness (QED) is 0.898. The van der Waals surface area contributed by atoms with E-state index in [1.807, 2.05) is 44.3 Å². The highest BCUT2D eigenvalue weighted by molar-refractivity contribution is 6.06. The maximum atomic E-state index is 12.4. The number of likely N-dealkylation sites (N-methyl/N-ethyl adjacent to an activating group) is 1. The molecule has 0 fully saturated rings. The Morgan fingerprint density at radius 2 is 2.16 bits per heavy atom. The van der Waals surface area contributed by atoms with Crippen LogP contribution in [0, 0.1) is 0 Å². The first-order chi connectivity index (χ1) is 9.09. The fourth-order valence-electron chi connectivity index (χ4n) is 2.00. The highest BCUT2D eigenvalue weighted by Crippen LogP contribution is 2.18. The highest BCUT2D eigenvalue weighted by Gasteiger charge is 2.14. The Kier molecular flexibility index (Phi) is 4.22. The van der Waals surface area contributed by atoms with Gasteiger partial charge in [0.1, 0.15) is 0 Å². The number of carbonyl (C=O) groups is 1. The number of rotatable bonds is 5. The van der Waals surface area contributed by atoms with E-state index < -0.39 is 0 Å². The third-order valence-electron chi connectivity index (χ3n) is 3.05. The number of fused-ring (bicyclic) bond motifs is 1. The third-order valence-corrected chi connectivity index (χ3v) is 3.05. The lowest BCUT2D eigenvalue weighted by molar-refractivity contribution is 0.0533. The van der Waals surface area contributed by atoms with Gasteiger partial charge in [-0.25, -0.2) is 0 Å². The van der Waals surface area contributed by atoms with Gasteiger partial charge in [0.05, 0.1) is 12.7 Å². The SMILES string of the molecule is CC(C)OCCN(C)C(=O)c1cccc2[nH]ccc12. The summed E-state index contributed by atoms with van der Waals surface area (Å²) < 4.78 is 5.47. The summed E-state index contributed by atoms with van der Waals surface area (Å²) >= 11 is 0. The van der Waals surface area contributed by atoms with E-state index in [0.717, 1.165) is 16.5 Å². The van der Waals surface area contributed by atoms with Gasteiger partial charge in [-0.1, -0.05) is 6.07 Å². The number of nitrogens with one attached hydrogen (secondary N) is 1. The van der Waals surface area contributed by atoms with Crippen molar-refractivity contribution in [2.45, 2.75) is 20.0 Å². The Balaban J connectivity index is 2.08. The van der Waals surface area contributed by atoms with Crippen LogP contribution in [-0.4, -0.2) is 42.1 Å². The summed E-state index contributed by atoms with van der Waals surface area (Å²) in [7, 11) is 1.80. The van der Waals surface area contributed by atoms with Gasteiger partial charge < -0.3 is 14.6 Å². The maximum absolute atomic E-state index is 12.4. The van der Waals surface area contributed by atoms with Crippen LogP contribution in [0.15, 0.2) is 30.5 Å². The topological polar surface area (TPSA) is 45.3 Å². The van der Waals surface area contributed by atoms with Crippen LogP contribution in [0.3, 0.4) is 0 Å². The van der Waals surface area contributed by atoms with Crippen LogP contribution in [0.4, 0.5) is 0 Å². The number of aromatic nitrogens is 1. The van der Waals surface area contributed by atoms with Crippen LogP contribution in [0.5, 0.6) is 0 Å². The number of hydrogen-bond acceptors (Lipinski definition) is 2. The molecule has 0 aliphatic heterocycles. The van der Waals surface area contributed by atoms with Crippen molar-refractivity contribution in [1.29, 1.82) is 0 Å². The Morgan fingerprint density at radius 1 is 1.37 bits per heavy atom. The van der Waals surface area contributed by atoms with Gasteiger partial charge in [0, 0.05) is 36.3 Å². The molecular formula is C15H20N2O2. The molecule has 19 heavy (non-hydrogen) atoms. The average Bonchev–Trinajstić information content (AvgIpc) is 2.85. The monoisotopic (exact) mass is 260 g/mol. The summed E-state index contributed by atoms with van der Waals surface area (Å²) in [5, 5.41) is 0.962. The summed E-state index contributed by atoms with van der Waals surface area (Å²) in [6.45, 7) is 5.13. The minimum atomic E-state index is 0.0255. The Hall–Kier alpha value is -1.81. The van der Waals surface area contributed by atoms with E-state index in [9.17, 15) is 4.79 Å². The second-order valence-electron chi connectivity index (χ2n) is 4.89. The van der Waals surface area contributed by atoms with E-state index in [1.54, 1.807) is 11.9 Å². The molecule has 0 spiro atoms. The number of carbonyl (C=O) groups excluding carboxylic acids is 1. The predicted molar refractivity (Wildman–Crippen MR) is 76.3 cm³/mol. The number of amides is 1. The predicted octanol–water partition coefficient (Wildman–Crippen LogP) is 2.66. The van der Waals surface area contributed by atoms with E-state index in [2.05, 4.69) is 4.98 Å². The molecule has 0 unspecified atom stereocenters. The Bertz CT molecular complexity index is 560. The number of aromatic amines is 1. The largest absolute Gasteiger partial charge is 0.377 e. The summed E-state index contributed by atoms with van der Waals surface area (Å²) in [5.74, 6) is 0.0255. The molecule has 1 heterocycles. The first-order valence-electron chi connectivity index (χ1n) is 6.52. The number of nitrogens with zero attached hydrogens (tertiary/aromatic N) is 1. The van der Waals surface area contributed by atoms with Crippen molar-refractivity contribution in [1.82, 2.24) is 9.88 Å². The zero-order valence-electron chi connectivity index (χ0n) is 11.6. The second kappa shape index (κ2) is 5.89. The summed E-state index contributed by atoms with van der Waals surface area (Å²) in [5.41, 5.74) is 1.71. The van der Waals surface area contributed by atoms with Gasteiger partial charge in [0.15, 0.2) is 0 Å². The molecule has 1 aromatic heterocycles. The van der Waals surface area contributed by atoms with Gasteiger partial charge >= 0.3 is 0 Å². The summed E-state index contributed by atoms with van der Waals surface area (Å²) in [6.07, 6.45) is 2.04. The summed E-state index contributed by atoms with van der Waals surface area (Å²) in [4.78, 5) is 17.2. The maximum Gasteiger partial charge on any atom is 0.254 e. The fourth-order valence-corrected chi connectivity index (χ4v) is 2.00. The van der Waals surface area contributed by atoms with Crippen LogP contribution >= 0.6 is 0 Å². The number of benzene rings is 1. The van der Waals surface area contributed by atoms with Crippen LogP contribution in [-0.2, 0) is 4.74 Å². The van der Waals surface area contributed by atoms with E-state index in [0.29, 0.717) is 13.2 Å². The van der Waals surface area contributed by atoms with E-state index >= 15 is 0 Å². The van der Waals surface area contributed by atoms with Gasteiger partial charge in [0.2, 0.25) is 0 Å². The molecule has 0 saturated carbocycles. The Morgan fingerprint density at radius 3 is 2.89 bits per heavy atom. The average molecular weight is 260 g/mol. The minimum Gasteiger partial charge on any atom is -0.377 e. The van der Waals surface area contributed by atoms with Crippen LogP contribution in [0.25, 0.3) is 10.9 Å². The molecular weight excluding hydrogens is 240 g/mol. The first kappa shape index (κ1) is 13.6. The number of ether oxygens (including phenoxy) is 1. The molecule has 0 aliphatic carbocycles. The highest BCUT2D eigenvalue weighted by atomic mass is 16.5. The van der Waals surface area contributed by atoms with E-state index in [-0.39, 0.29) is 12.0 Å². The molecule has 2 rings (SSSR count). The van der Waals surface area contributed by atoms with Crippen molar-refractivity contribution in [3.8, 4) is 0 Å². The molecule has 1 amide bonds. The molecule has 0 bridgehead atoms. The second-order valence-corrected chi connectivity index (χ2v) is 4.89. The fraction of sp³-hybridized carbons (Fsp3) is 0.400. The van der Waals surface area contributed by atoms with Gasteiger partial charge in [-0.2, -0.15) is 0 Å². The smallest absolute Gasteiger partial charge is 0.254 e. The molecule has 0 atom stereocenters. The van der Waals surface area contributed by atoms with Crippen molar-refractivity contribution in [3.63, 3.8) is 0 Å². The normalized spacial score (nSPS) is 11.2. The molecule has 102 valence electrons. The lowest BCUT2D eigenvalue weighted by Gasteiger charge is -2.18. The number of hydrogen-bond donors (Lipinski definition) is 1. The summed E-state index contributed by atoms with van der Waals surface area (Å²) in [6, 6.07) is 7.65.